The molecule has 27 heavy (non-hydrogen) atoms. The van der Waals surface area contributed by atoms with Crippen molar-refractivity contribution >= 4 is 25.8 Å². The Morgan fingerprint density at radius 3 is 2.33 bits per heavy atom. The van der Waals surface area contributed by atoms with Gasteiger partial charge in [-0.3, -0.25) is 0 Å². The molecule has 0 aliphatic rings. The van der Waals surface area contributed by atoms with Gasteiger partial charge in [-0.15, -0.1) is 0 Å². The molecular formula is C19H19BrF2N2O2S. The lowest BCUT2D eigenvalue weighted by molar-refractivity contribution is 0.576. The Morgan fingerprint density at radius 1 is 1.22 bits per heavy atom. The standard InChI is InChI=1S/C19H19BrF2N2O2S/c1-19(2,27(3,25)26)7-6-15-4-5-17(20)18(24-15)16(11-23)12-8-13(21)10-14(22)9-12/h4-5,8-10,16H,11,23H2,1-3H3/t16-/m1/s1. The molecule has 0 radical (unpaired) electrons. The van der Waals surface area contributed by atoms with Gasteiger partial charge in [-0.25, -0.2) is 22.2 Å². The number of halogens is 3. The zero-order valence-corrected chi connectivity index (χ0v) is 17.5. The number of pyridine rings is 1. The summed E-state index contributed by atoms with van der Waals surface area (Å²) in [5.41, 5.74) is 6.98. The summed E-state index contributed by atoms with van der Waals surface area (Å²) in [7, 11) is -3.38. The second-order valence-electron chi connectivity index (χ2n) is 6.59. The number of rotatable bonds is 4. The summed E-state index contributed by atoms with van der Waals surface area (Å²) in [4.78, 5) is 4.42. The molecular weight excluding hydrogens is 438 g/mol. The van der Waals surface area contributed by atoms with E-state index in [1.165, 1.54) is 26.0 Å². The highest BCUT2D eigenvalue weighted by atomic mass is 79.9. The summed E-state index contributed by atoms with van der Waals surface area (Å²) in [5.74, 6) is 3.50. The van der Waals surface area contributed by atoms with Crippen molar-refractivity contribution in [2.75, 3.05) is 12.8 Å². The van der Waals surface area contributed by atoms with E-state index in [0.717, 1.165) is 12.3 Å². The maximum absolute atomic E-state index is 13.6. The molecule has 0 bridgehead atoms. The first kappa shape index (κ1) is 21.5. The first-order valence-electron chi connectivity index (χ1n) is 8.00. The van der Waals surface area contributed by atoms with Crippen molar-refractivity contribution < 1.29 is 17.2 Å². The molecule has 1 aromatic heterocycles. The van der Waals surface area contributed by atoms with Gasteiger partial charge < -0.3 is 5.73 Å². The van der Waals surface area contributed by atoms with Crippen LogP contribution < -0.4 is 5.73 Å². The average molecular weight is 457 g/mol. The molecule has 0 spiro atoms. The smallest absolute Gasteiger partial charge is 0.163 e. The van der Waals surface area contributed by atoms with Gasteiger partial charge in [0.15, 0.2) is 9.84 Å². The maximum atomic E-state index is 13.6. The fourth-order valence-electron chi connectivity index (χ4n) is 2.26. The van der Waals surface area contributed by atoms with Gasteiger partial charge in [0, 0.05) is 29.3 Å². The van der Waals surface area contributed by atoms with Crippen LogP contribution in [0, 0.1) is 23.5 Å². The molecule has 1 heterocycles. The average Bonchev–Trinajstić information content (AvgIpc) is 2.54. The largest absolute Gasteiger partial charge is 0.329 e. The highest BCUT2D eigenvalue weighted by Crippen LogP contribution is 2.29. The van der Waals surface area contributed by atoms with E-state index < -0.39 is 32.1 Å². The van der Waals surface area contributed by atoms with E-state index in [-0.39, 0.29) is 6.54 Å². The lowest BCUT2D eigenvalue weighted by Crippen LogP contribution is -2.28. The molecule has 144 valence electrons. The zero-order chi connectivity index (χ0) is 20.4. The van der Waals surface area contributed by atoms with Crippen molar-refractivity contribution in [2.45, 2.75) is 24.5 Å². The third kappa shape index (κ3) is 5.12. The molecule has 1 atom stereocenters. The molecule has 0 unspecified atom stereocenters. The molecule has 4 nitrogen and oxygen atoms in total. The number of nitrogens with zero attached hydrogens (tertiary/aromatic N) is 1. The zero-order valence-electron chi connectivity index (χ0n) is 15.1. The molecule has 2 N–H and O–H groups in total. The summed E-state index contributed by atoms with van der Waals surface area (Å²) in [5, 5.41) is 0. The van der Waals surface area contributed by atoms with Crippen LogP contribution in [0.15, 0.2) is 34.8 Å². The molecule has 1 aromatic carbocycles. The van der Waals surface area contributed by atoms with Crippen molar-refractivity contribution in [3.05, 3.63) is 63.4 Å². The van der Waals surface area contributed by atoms with Crippen LogP contribution >= 0.6 is 15.9 Å². The first-order chi connectivity index (χ1) is 12.4. The Hall–Kier alpha value is -1.82. The molecule has 0 amide bonds. The minimum Gasteiger partial charge on any atom is -0.329 e. The minimum atomic E-state index is -3.38. The first-order valence-corrected chi connectivity index (χ1v) is 10.7. The van der Waals surface area contributed by atoms with Gasteiger partial charge in [-0.2, -0.15) is 0 Å². The number of nitrogens with two attached hydrogens (primary N) is 1. The SMILES string of the molecule is CC(C)(C#Cc1ccc(Br)c([C@H](CN)c2cc(F)cc(F)c2)n1)S(C)(=O)=O. The predicted molar refractivity (Wildman–Crippen MR) is 105 cm³/mol. The van der Waals surface area contributed by atoms with Crippen LogP contribution in [0.25, 0.3) is 0 Å². The van der Waals surface area contributed by atoms with Crippen LogP contribution in [0.2, 0.25) is 0 Å². The van der Waals surface area contributed by atoms with Crippen molar-refractivity contribution in [1.82, 2.24) is 4.98 Å². The topological polar surface area (TPSA) is 73.0 Å². The Labute approximate surface area is 166 Å². The minimum absolute atomic E-state index is 0.0697. The number of hydrogen-bond acceptors (Lipinski definition) is 4. The molecule has 0 fully saturated rings. The Bertz CT molecular complexity index is 1010. The summed E-state index contributed by atoms with van der Waals surface area (Å²) in [6.07, 6.45) is 1.12. The van der Waals surface area contributed by atoms with Gasteiger partial charge in [0.2, 0.25) is 0 Å². The highest BCUT2D eigenvalue weighted by Gasteiger charge is 2.27. The van der Waals surface area contributed by atoms with Gasteiger partial charge in [0.25, 0.3) is 0 Å². The van der Waals surface area contributed by atoms with E-state index in [1.54, 1.807) is 12.1 Å². The van der Waals surface area contributed by atoms with Crippen LogP contribution in [0.4, 0.5) is 8.78 Å². The third-order valence-electron chi connectivity index (χ3n) is 4.14. The van der Waals surface area contributed by atoms with Crippen LogP contribution in [-0.4, -0.2) is 30.9 Å². The fourth-order valence-corrected chi connectivity index (χ4v) is 2.99. The van der Waals surface area contributed by atoms with E-state index in [1.807, 2.05) is 0 Å². The van der Waals surface area contributed by atoms with Gasteiger partial charge in [0.1, 0.15) is 22.1 Å². The third-order valence-corrected chi connectivity index (χ3v) is 6.77. The molecule has 2 rings (SSSR count). The lowest BCUT2D eigenvalue weighted by Gasteiger charge is -2.17. The quantitative estimate of drug-likeness (QED) is 0.715. The van der Waals surface area contributed by atoms with Gasteiger partial charge in [-0.05, 0) is 65.5 Å². The van der Waals surface area contributed by atoms with Crippen LogP contribution in [-0.2, 0) is 9.84 Å². The second-order valence-corrected chi connectivity index (χ2v) is 10.0. The summed E-state index contributed by atoms with van der Waals surface area (Å²) in [6.45, 7) is 3.08. The van der Waals surface area contributed by atoms with E-state index in [0.29, 0.717) is 21.4 Å². The number of sulfone groups is 1. The van der Waals surface area contributed by atoms with Crippen molar-refractivity contribution in [2.24, 2.45) is 5.73 Å². The number of benzene rings is 1. The van der Waals surface area contributed by atoms with Gasteiger partial charge >= 0.3 is 0 Å². The van der Waals surface area contributed by atoms with Gasteiger partial charge in [0.05, 0.1) is 5.69 Å². The number of aromatic nitrogens is 1. The van der Waals surface area contributed by atoms with Crippen LogP contribution in [0.1, 0.15) is 36.7 Å². The molecule has 0 saturated heterocycles. The van der Waals surface area contributed by atoms with Crippen LogP contribution in [0.5, 0.6) is 0 Å². The molecule has 8 heteroatoms. The van der Waals surface area contributed by atoms with E-state index >= 15 is 0 Å². The fraction of sp³-hybridized carbons (Fsp3) is 0.316. The van der Waals surface area contributed by atoms with Crippen molar-refractivity contribution in [3.8, 4) is 11.8 Å². The lowest BCUT2D eigenvalue weighted by atomic mass is 9.95. The monoisotopic (exact) mass is 456 g/mol. The van der Waals surface area contributed by atoms with Crippen LogP contribution in [0.3, 0.4) is 0 Å². The van der Waals surface area contributed by atoms with E-state index in [9.17, 15) is 17.2 Å². The van der Waals surface area contributed by atoms with E-state index in [4.69, 9.17) is 5.73 Å². The molecule has 2 aromatic rings. The Balaban J connectivity index is 2.51. The maximum Gasteiger partial charge on any atom is 0.163 e. The summed E-state index contributed by atoms with van der Waals surface area (Å²) in [6, 6.07) is 6.52. The van der Waals surface area contributed by atoms with Gasteiger partial charge in [-0.1, -0.05) is 5.92 Å². The molecule has 0 aliphatic carbocycles. The Morgan fingerprint density at radius 2 is 1.81 bits per heavy atom. The Kier molecular flexibility index (Phi) is 6.40. The van der Waals surface area contributed by atoms with Crippen molar-refractivity contribution in [1.29, 1.82) is 0 Å². The normalized spacial score (nSPS) is 13.0. The number of hydrogen-bond donors (Lipinski definition) is 1. The second kappa shape index (κ2) is 8.05. The summed E-state index contributed by atoms with van der Waals surface area (Å²) >= 11 is 3.38. The highest BCUT2D eigenvalue weighted by molar-refractivity contribution is 9.10. The molecule has 0 aliphatic heterocycles. The summed E-state index contributed by atoms with van der Waals surface area (Å²) < 4.78 is 50.1. The predicted octanol–water partition coefficient (Wildman–Crippen LogP) is 3.39. The van der Waals surface area contributed by atoms with E-state index in [2.05, 4.69) is 32.8 Å². The molecule has 0 saturated carbocycles. The van der Waals surface area contributed by atoms with Crippen molar-refractivity contribution in [3.63, 3.8) is 0 Å².